The summed E-state index contributed by atoms with van der Waals surface area (Å²) in [6, 6.07) is 11.6. The second kappa shape index (κ2) is 43.0. The Balaban J connectivity index is 2.49. The first-order valence-corrected chi connectivity index (χ1v) is 25.5. The van der Waals surface area contributed by atoms with Gasteiger partial charge >= 0.3 is 0 Å². The van der Waals surface area contributed by atoms with E-state index in [0.29, 0.717) is 0 Å². The van der Waals surface area contributed by atoms with Crippen LogP contribution in [0.4, 0.5) is 0 Å². The largest absolute Gasteiger partial charge is 0.320 e. The fourth-order valence-electron chi connectivity index (χ4n) is 9.05. The zero-order valence-electron chi connectivity index (χ0n) is 38.1. The van der Waals surface area contributed by atoms with Crippen LogP contribution in [0.3, 0.4) is 0 Å². The summed E-state index contributed by atoms with van der Waals surface area (Å²) in [7, 11) is 0. The van der Waals surface area contributed by atoms with Gasteiger partial charge in [-0.25, -0.2) is 0 Å². The highest BCUT2D eigenvalue weighted by Crippen LogP contribution is 2.23. The van der Waals surface area contributed by atoms with E-state index in [1.54, 1.807) is 5.56 Å². The Morgan fingerprint density at radius 1 is 0.286 bits per heavy atom. The van der Waals surface area contributed by atoms with Crippen molar-refractivity contribution >= 4 is 0 Å². The van der Waals surface area contributed by atoms with Crippen molar-refractivity contribution in [2.75, 3.05) is 19.6 Å². The predicted molar refractivity (Wildman–Crippen MR) is 256 cm³/mol. The molecule has 0 saturated carbocycles. The van der Waals surface area contributed by atoms with E-state index in [0.717, 1.165) is 0 Å². The Hall–Kier alpha value is -1.60. The van der Waals surface area contributed by atoms with Gasteiger partial charge in [-0.05, 0) is 77.0 Å². The first-order valence-electron chi connectivity index (χ1n) is 25.5. The van der Waals surface area contributed by atoms with E-state index in [1.807, 2.05) is 0 Å². The molecule has 0 aliphatic rings. The van der Waals surface area contributed by atoms with Gasteiger partial charge in [0.1, 0.15) is 6.54 Å². The van der Waals surface area contributed by atoms with E-state index in [2.05, 4.69) is 68.3 Å². The van der Waals surface area contributed by atoms with E-state index in [-0.39, 0.29) is 0 Å². The lowest BCUT2D eigenvalue weighted by molar-refractivity contribution is -0.941. The van der Waals surface area contributed by atoms with Gasteiger partial charge in [-0.1, -0.05) is 222 Å². The van der Waals surface area contributed by atoms with Gasteiger partial charge in [-0.15, -0.1) is 19.7 Å². The summed E-state index contributed by atoms with van der Waals surface area (Å²) in [4.78, 5) is 0. The van der Waals surface area contributed by atoms with Crippen LogP contribution in [0, 0.1) is 0 Å². The van der Waals surface area contributed by atoms with Gasteiger partial charge in [0.2, 0.25) is 0 Å². The monoisotopic (exact) mass is 775 g/mol. The summed E-state index contributed by atoms with van der Waals surface area (Å²) < 4.78 is 1.34. The molecule has 0 spiro atoms. The standard InChI is InChI=1S/C55H100N/c1-4-7-10-13-16-19-22-25-28-31-34-37-40-46-51-56(54-55-49-44-43-45-50-55,52-47-41-38-35-32-29-26-23-20-17-14-11-8-5-2)53-48-42-39-36-33-30-27-24-21-18-15-12-9-6-3/h4-6,43-45,49-50H,1-3,7-42,46-48,51-54H2/q+1. The zero-order chi connectivity index (χ0) is 40.1. The van der Waals surface area contributed by atoms with Crippen LogP contribution in [-0.4, -0.2) is 24.1 Å². The van der Waals surface area contributed by atoms with Gasteiger partial charge in [0.25, 0.3) is 0 Å². The molecule has 0 amide bonds. The molecule has 324 valence electrons. The lowest BCUT2D eigenvalue weighted by atomic mass is 10.0. The molecule has 0 radical (unpaired) electrons. The molecule has 0 atom stereocenters. The fourth-order valence-corrected chi connectivity index (χ4v) is 9.05. The van der Waals surface area contributed by atoms with Crippen LogP contribution in [0.5, 0.6) is 0 Å². The van der Waals surface area contributed by atoms with Crippen LogP contribution >= 0.6 is 0 Å². The summed E-state index contributed by atoms with van der Waals surface area (Å²) in [6.07, 6.45) is 61.2. The van der Waals surface area contributed by atoms with Crippen molar-refractivity contribution in [2.45, 2.75) is 257 Å². The van der Waals surface area contributed by atoms with E-state index >= 15 is 0 Å². The Kier molecular flexibility index (Phi) is 40.2. The number of quaternary nitrogens is 1. The van der Waals surface area contributed by atoms with Crippen LogP contribution in [0.25, 0.3) is 0 Å². The Morgan fingerprint density at radius 3 is 0.732 bits per heavy atom. The Morgan fingerprint density at radius 2 is 0.500 bits per heavy atom. The molecular weight excluding hydrogens is 675 g/mol. The second-order valence-corrected chi connectivity index (χ2v) is 18.1. The third kappa shape index (κ3) is 35.6. The minimum absolute atomic E-state index is 1.20. The molecule has 1 nitrogen and oxygen atoms in total. The van der Waals surface area contributed by atoms with E-state index in [4.69, 9.17) is 0 Å². The first kappa shape index (κ1) is 52.4. The quantitative estimate of drug-likeness (QED) is 0.0351. The highest BCUT2D eigenvalue weighted by atomic mass is 15.3. The van der Waals surface area contributed by atoms with Crippen LogP contribution in [0.15, 0.2) is 68.3 Å². The number of rotatable bonds is 47. The molecule has 0 aliphatic heterocycles. The van der Waals surface area contributed by atoms with Crippen molar-refractivity contribution in [1.82, 2.24) is 0 Å². The van der Waals surface area contributed by atoms with Crippen LogP contribution in [-0.2, 0) is 6.54 Å². The van der Waals surface area contributed by atoms with Crippen molar-refractivity contribution in [3.8, 4) is 0 Å². The third-order valence-electron chi connectivity index (χ3n) is 12.7. The molecule has 1 aromatic carbocycles. The van der Waals surface area contributed by atoms with Crippen LogP contribution in [0.1, 0.15) is 256 Å². The molecule has 0 N–H and O–H groups in total. The molecule has 1 rings (SSSR count). The summed E-state index contributed by atoms with van der Waals surface area (Å²) >= 11 is 0. The number of hydrogen-bond donors (Lipinski definition) is 0. The summed E-state index contributed by atoms with van der Waals surface area (Å²) in [5, 5.41) is 0. The van der Waals surface area contributed by atoms with Gasteiger partial charge in [-0.2, -0.15) is 0 Å². The maximum Gasteiger partial charge on any atom is 0.104 e. The van der Waals surface area contributed by atoms with Crippen molar-refractivity contribution in [3.05, 3.63) is 73.9 Å². The average Bonchev–Trinajstić information content (AvgIpc) is 3.21. The summed E-state index contributed by atoms with van der Waals surface area (Å²) in [5.41, 5.74) is 1.56. The molecule has 0 heterocycles. The van der Waals surface area contributed by atoms with Gasteiger partial charge < -0.3 is 4.48 Å². The maximum absolute atomic E-state index is 3.85. The number of hydrogen-bond acceptors (Lipinski definition) is 0. The fraction of sp³-hybridized carbons (Fsp3) is 0.782. The number of unbranched alkanes of at least 4 members (excludes halogenated alkanes) is 36. The van der Waals surface area contributed by atoms with Crippen molar-refractivity contribution in [3.63, 3.8) is 0 Å². The smallest absolute Gasteiger partial charge is 0.104 e. The van der Waals surface area contributed by atoms with E-state index < -0.39 is 0 Å². The van der Waals surface area contributed by atoms with E-state index in [1.165, 1.54) is 281 Å². The molecule has 1 heteroatoms. The number of nitrogens with zero attached hydrogens (tertiary/aromatic N) is 1. The normalized spacial score (nSPS) is 11.6. The molecule has 56 heavy (non-hydrogen) atoms. The van der Waals surface area contributed by atoms with Crippen molar-refractivity contribution < 1.29 is 4.48 Å². The second-order valence-electron chi connectivity index (χ2n) is 18.1. The summed E-state index contributed by atoms with van der Waals surface area (Å²) in [6.45, 7) is 17.0. The molecular formula is C55H100N+. The Bertz CT molecular complexity index is 844. The highest BCUT2D eigenvalue weighted by molar-refractivity contribution is 5.13. The third-order valence-corrected chi connectivity index (χ3v) is 12.7. The zero-order valence-corrected chi connectivity index (χ0v) is 38.1. The van der Waals surface area contributed by atoms with Gasteiger partial charge in [0, 0.05) is 5.56 Å². The van der Waals surface area contributed by atoms with Crippen LogP contribution < -0.4 is 0 Å². The van der Waals surface area contributed by atoms with Gasteiger partial charge in [-0.3, -0.25) is 0 Å². The maximum atomic E-state index is 3.85. The minimum Gasteiger partial charge on any atom is -0.320 e. The molecule has 0 aromatic heterocycles. The topological polar surface area (TPSA) is 0 Å². The first-order chi connectivity index (χ1) is 27.8. The number of allylic oxidation sites excluding steroid dienone is 3. The predicted octanol–water partition coefficient (Wildman–Crippen LogP) is 18.8. The van der Waals surface area contributed by atoms with Crippen molar-refractivity contribution in [1.29, 1.82) is 0 Å². The lowest BCUT2D eigenvalue weighted by Gasteiger charge is -2.39. The minimum atomic E-state index is 1.20. The SMILES string of the molecule is C=CCCCCCCCCCCCCCC[N+](CCCCCCCCCCCCCCC=C)(CCCCCCCCCCCCCCC=C)Cc1ccccc1. The molecule has 0 fully saturated rings. The average molecular weight is 775 g/mol. The highest BCUT2D eigenvalue weighted by Gasteiger charge is 2.26. The van der Waals surface area contributed by atoms with Crippen molar-refractivity contribution in [2.24, 2.45) is 0 Å². The summed E-state index contributed by atoms with van der Waals surface area (Å²) in [5.74, 6) is 0. The molecule has 0 aliphatic carbocycles. The van der Waals surface area contributed by atoms with Gasteiger partial charge in [0.05, 0.1) is 19.6 Å². The van der Waals surface area contributed by atoms with E-state index in [9.17, 15) is 0 Å². The van der Waals surface area contributed by atoms with Gasteiger partial charge in [0.15, 0.2) is 0 Å². The molecule has 0 saturated heterocycles. The lowest BCUT2D eigenvalue weighted by Crippen LogP contribution is -2.49. The molecule has 0 bridgehead atoms. The molecule has 1 aromatic rings. The number of benzene rings is 1. The van der Waals surface area contributed by atoms with Crippen LogP contribution in [0.2, 0.25) is 0 Å². The molecule has 0 unspecified atom stereocenters. The Labute approximate surface area is 353 Å².